The van der Waals surface area contributed by atoms with Crippen molar-refractivity contribution >= 4 is 32.6 Å². The number of likely N-dealkylation sites (N-methyl/N-ethyl adjacent to an activating group) is 1. The number of para-hydroxylation sites is 1. The molecule has 0 bridgehead atoms. The van der Waals surface area contributed by atoms with Gasteiger partial charge in [0.25, 0.3) is 5.91 Å². The molecule has 148 valence electrons. The Morgan fingerprint density at radius 2 is 1.86 bits per heavy atom. The van der Waals surface area contributed by atoms with Crippen LogP contribution in [0.25, 0.3) is 10.2 Å². The lowest BCUT2D eigenvalue weighted by atomic mass is 10.2. The second-order valence-corrected chi connectivity index (χ2v) is 7.65. The monoisotopic (exact) mass is 397 g/mol. The minimum absolute atomic E-state index is 0.00235. The van der Waals surface area contributed by atoms with E-state index in [1.165, 1.54) is 0 Å². The van der Waals surface area contributed by atoms with Gasteiger partial charge in [-0.25, -0.2) is 4.98 Å². The van der Waals surface area contributed by atoms with Crippen LogP contribution in [0.15, 0.2) is 48.5 Å². The van der Waals surface area contributed by atoms with Crippen LogP contribution in [0.4, 0.5) is 5.13 Å². The second kappa shape index (κ2) is 9.66. The highest BCUT2D eigenvalue weighted by Gasteiger charge is 2.21. The molecule has 0 atom stereocenters. The number of amides is 1. The first-order chi connectivity index (χ1) is 13.6. The van der Waals surface area contributed by atoms with E-state index in [9.17, 15) is 4.79 Å². The lowest BCUT2D eigenvalue weighted by molar-refractivity contribution is -0.120. The van der Waals surface area contributed by atoms with Gasteiger partial charge in [0.2, 0.25) is 0 Å². The average molecular weight is 398 g/mol. The maximum atomic E-state index is 13.0. The van der Waals surface area contributed by atoms with E-state index in [0.717, 1.165) is 40.5 Å². The average Bonchev–Trinajstić information content (AvgIpc) is 3.13. The summed E-state index contributed by atoms with van der Waals surface area (Å²) in [6, 6.07) is 15.7. The standard InChI is InChI=1S/C22H27N3O2S/c1-4-24(5-2)13-14-25(22-23-19-11-6-7-12-20(19)28-22)21(26)16-27-18-10-8-9-17(3)15-18/h6-12,15H,4-5,13-14,16H2,1-3H3. The Kier molecular flexibility index (Phi) is 7.01. The normalized spacial score (nSPS) is 11.1. The van der Waals surface area contributed by atoms with Crippen LogP contribution in [0.5, 0.6) is 5.75 Å². The summed E-state index contributed by atoms with van der Waals surface area (Å²) in [6.45, 7) is 9.58. The van der Waals surface area contributed by atoms with E-state index in [4.69, 9.17) is 4.74 Å². The third-order valence-corrected chi connectivity index (χ3v) is 5.76. The van der Waals surface area contributed by atoms with E-state index in [1.54, 1.807) is 16.2 Å². The molecular weight excluding hydrogens is 370 g/mol. The summed E-state index contributed by atoms with van der Waals surface area (Å²) in [5.41, 5.74) is 2.03. The SMILES string of the molecule is CCN(CC)CCN(C(=O)COc1cccc(C)c1)c1nc2ccccc2s1. The molecule has 6 heteroatoms. The van der Waals surface area contributed by atoms with Crippen molar-refractivity contribution in [2.75, 3.05) is 37.7 Å². The zero-order valence-electron chi connectivity index (χ0n) is 16.7. The Hall–Kier alpha value is -2.44. The van der Waals surface area contributed by atoms with Crippen molar-refractivity contribution in [2.45, 2.75) is 20.8 Å². The van der Waals surface area contributed by atoms with Gasteiger partial charge >= 0.3 is 0 Å². The molecule has 0 N–H and O–H groups in total. The van der Waals surface area contributed by atoms with Gasteiger partial charge in [0.15, 0.2) is 11.7 Å². The Morgan fingerprint density at radius 3 is 2.57 bits per heavy atom. The Labute approximate surface area is 170 Å². The van der Waals surface area contributed by atoms with Gasteiger partial charge in [-0.15, -0.1) is 0 Å². The quantitative estimate of drug-likeness (QED) is 0.538. The van der Waals surface area contributed by atoms with Gasteiger partial charge in [-0.1, -0.05) is 49.4 Å². The van der Waals surface area contributed by atoms with E-state index >= 15 is 0 Å². The maximum absolute atomic E-state index is 13.0. The summed E-state index contributed by atoms with van der Waals surface area (Å²) in [5.74, 6) is 0.633. The molecule has 0 aliphatic carbocycles. The number of anilines is 1. The van der Waals surface area contributed by atoms with E-state index < -0.39 is 0 Å². The van der Waals surface area contributed by atoms with Crippen molar-refractivity contribution < 1.29 is 9.53 Å². The molecule has 1 heterocycles. The molecule has 1 amide bonds. The molecule has 0 fully saturated rings. The van der Waals surface area contributed by atoms with Crippen LogP contribution in [0.1, 0.15) is 19.4 Å². The van der Waals surface area contributed by atoms with Crippen LogP contribution in [-0.4, -0.2) is 48.6 Å². The fraction of sp³-hybridized carbons (Fsp3) is 0.364. The molecule has 3 aromatic rings. The van der Waals surface area contributed by atoms with Crippen molar-refractivity contribution in [1.82, 2.24) is 9.88 Å². The molecule has 5 nitrogen and oxygen atoms in total. The van der Waals surface area contributed by atoms with Crippen molar-refractivity contribution in [3.8, 4) is 5.75 Å². The lowest BCUT2D eigenvalue weighted by Crippen LogP contribution is -2.41. The Balaban J connectivity index is 1.77. The highest BCUT2D eigenvalue weighted by atomic mass is 32.1. The maximum Gasteiger partial charge on any atom is 0.266 e. The number of fused-ring (bicyclic) bond motifs is 1. The first-order valence-corrected chi connectivity index (χ1v) is 10.5. The van der Waals surface area contributed by atoms with Gasteiger partial charge < -0.3 is 9.64 Å². The zero-order valence-corrected chi connectivity index (χ0v) is 17.5. The highest BCUT2D eigenvalue weighted by molar-refractivity contribution is 7.22. The Morgan fingerprint density at radius 1 is 1.07 bits per heavy atom. The van der Waals surface area contributed by atoms with Crippen LogP contribution in [0.3, 0.4) is 0 Å². The molecule has 1 aromatic heterocycles. The van der Waals surface area contributed by atoms with Crippen molar-refractivity contribution in [3.63, 3.8) is 0 Å². The molecule has 2 aromatic carbocycles. The van der Waals surface area contributed by atoms with Gasteiger partial charge in [-0.05, 0) is 49.8 Å². The van der Waals surface area contributed by atoms with Gasteiger partial charge in [0.05, 0.1) is 10.2 Å². The van der Waals surface area contributed by atoms with Crippen LogP contribution in [0, 0.1) is 6.92 Å². The van der Waals surface area contributed by atoms with Crippen LogP contribution < -0.4 is 9.64 Å². The van der Waals surface area contributed by atoms with Gasteiger partial charge in [0.1, 0.15) is 5.75 Å². The molecule has 0 unspecified atom stereocenters. The summed E-state index contributed by atoms with van der Waals surface area (Å²) in [4.78, 5) is 21.8. The van der Waals surface area contributed by atoms with Crippen LogP contribution >= 0.6 is 11.3 Å². The largest absolute Gasteiger partial charge is 0.484 e. The second-order valence-electron chi connectivity index (χ2n) is 6.64. The topological polar surface area (TPSA) is 45.7 Å². The third kappa shape index (κ3) is 5.09. The van der Waals surface area contributed by atoms with Gasteiger partial charge in [-0.2, -0.15) is 0 Å². The number of rotatable bonds is 9. The summed E-state index contributed by atoms with van der Waals surface area (Å²) in [6.07, 6.45) is 0. The molecule has 28 heavy (non-hydrogen) atoms. The summed E-state index contributed by atoms with van der Waals surface area (Å²) < 4.78 is 6.84. The van der Waals surface area contributed by atoms with E-state index in [-0.39, 0.29) is 12.5 Å². The summed E-state index contributed by atoms with van der Waals surface area (Å²) >= 11 is 1.54. The number of hydrogen-bond acceptors (Lipinski definition) is 5. The first kappa shape index (κ1) is 20.3. The number of thiazole rings is 1. The number of carbonyl (C=O) groups excluding carboxylic acids is 1. The number of hydrogen-bond donors (Lipinski definition) is 0. The predicted molar refractivity (Wildman–Crippen MR) is 116 cm³/mol. The van der Waals surface area contributed by atoms with E-state index in [2.05, 4.69) is 23.7 Å². The number of nitrogens with zero attached hydrogens (tertiary/aromatic N) is 3. The first-order valence-electron chi connectivity index (χ1n) is 9.68. The molecule has 0 saturated carbocycles. The van der Waals surface area contributed by atoms with Crippen molar-refractivity contribution in [2.24, 2.45) is 0 Å². The third-order valence-electron chi connectivity index (χ3n) is 4.70. The van der Waals surface area contributed by atoms with Gasteiger partial charge in [-0.3, -0.25) is 9.69 Å². The van der Waals surface area contributed by atoms with Crippen LogP contribution in [0.2, 0.25) is 0 Å². The minimum Gasteiger partial charge on any atom is -0.484 e. The van der Waals surface area contributed by atoms with Crippen molar-refractivity contribution in [1.29, 1.82) is 0 Å². The van der Waals surface area contributed by atoms with Crippen molar-refractivity contribution in [3.05, 3.63) is 54.1 Å². The fourth-order valence-electron chi connectivity index (χ4n) is 3.01. The number of carbonyl (C=O) groups is 1. The minimum atomic E-state index is -0.0762. The molecule has 0 aliphatic heterocycles. The van der Waals surface area contributed by atoms with E-state index in [0.29, 0.717) is 12.3 Å². The molecule has 3 rings (SSSR count). The zero-order chi connectivity index (χ0) is 19.9. The smallest absolute Gasteiger partial charge is 0.266 e. The molecule has 0 saturated heterocycles. The fourth-order valence-corrected chi connectivity index (χ4v) is 4.02. The molecular formula is C22H27N3O2S. The molecule has 0 radical (unpaired) electrons. The lowest BCUT2D eigenvalue weighted by Gasteiger charge is -2.24. The number of ether oxygens (including phenoxy) is 1. The van der Waals surface area contributed by atoms with E-state index in [1.807, 2.05) is 55.5 Å². The van der Waals surface area contributed by atoms with Crippen LogP contribution in [-0.2, 0) is 4.79 Å². The van der Waals surface area contributed by atoms with Gasteiger partial charge in [0, 0.05) is 13.1 Å². The Bertz CT molecular complexity index is 888. The number of benzene rings is 2. The molecule has 0 aliphatic rings. The number of aromatic nitrogens is 1. The number of aryl methyl sites for hydroxylation is 1. The summed E-state index contributed by atoms with van der Waals surface area (Å²) in [7, 11) is 0. The predicted octanol–water partition coefficient (Wildman–Crippen LogP) is 4.36. The highest BCUT2D eigenvalue weighted by Crippen LogP contribution is 2.28. The molecule has 0 spiro atoms. The summed E-state index contributed by atoms with van der Waals surface area (Å²) in [5, 5.41) is 0.728.